The van der Waals surface area contributed by atoms with E-state index in [4.69, 9.17) is 5.11 Å². The number of piperidine rings is 1. The molecule has 1 N–H and O–H groups in total. The first kappa shape index (κ1) is 11.9. The van der Waals surface area contributed by atoms with Crippen LogP contribution >= 0.6 is 0 Å². The highest BCUT2D eigenvalue weighted by Crippen LogP contribution is 2.23. The zero-order valence-electron chi connectivity index (χ0n) is 9.60. The third-order valence-corrected chi connectivity index (χ3v) is 3.22. The van der Waals surface area contributed by atoms with Crippen molar-refractivity contribution in [2.24, 2.45) is 5.92 Å². The van der Waals surface area contributed by atoms with Gasteiger partial charge in [0.25, 0.3) is 0 Å². The van der Waals surface area contributed by atoms with Gasteiger partial charge in [-0.1, -0.05) is 0 Å². The fourth-order valence-corrected chi connectivity index (χ4v) is 2.24. The Hall–Kier alpha value is -1.58. The van der Waals surface area contributed by atoms with Gasteiger partial charge in [0.1, 0.15) is 0 Å². The maximum Gasteiger partial charge on any atom is 0.335 e. The van der Waals surface area contributed by atoms with Crippen molar-refractivity contribution in [2.45, 2.75) is 12.8 Å². The normalized spacial score (nSPS) is 20.3. The third-order valence-electron chi connectivity index (χ3n) is 3.22. The molecular weight excluding hydrogens is 221 g/mol. The van der Waals surface area contributed by atoms with Crippen LogP contribution in [0.25, 0.3) is 0 Å². The molecule has 0 saturated carbocycles. The fourth-order valence-electron chi connectivity index (χ4n) is 2.24. The minimum atomic E-state index is -0.920. The Balaban J connectivity index is 2.08. The van der Waals surface area contributed by atoms with E-state index in [9.17, 15) is 9.18 Å². The first-order chi connectivity index (χ1) is 8.20. The Labute approximate surface area is 99.9 Å². The Morgan fingerprint density at radius 1 is 1.41 bits per heavy atom. The van der Waals surface area contributed by atoms with Gasteiger partial charge < -0.3 is 10.0 Å². The Kier molecular flexibility index (Phi) is 3.61. The van der Waals surface area contributed by atoms with Gasteiger partial charge in [-0.2, -0.15) is 0 Å². The maximum absolute atomic E-state index is 12.6. The molecule has 3 nitrogen and oxygen atoms in total. The van der Waals surface area contributed by atoms with Crippen molar-refractivity contribution >= 4 is 11.7 Å². The maximum atomic E-state index is 12.6. The van der Waals surface area contributed by atoms with Crippen LogP contribution in [0.2, 0.25) is 0 Å². The smallest absolute Gasteiger partial charge is 0.335 e. The number of hydrogen-bond donors (Lipinski definition) is 1. The molecule has 92 valence electrons. The van der Waals surface area contributed by atoms with E-state index in [-0.39, 0.29) is 18.2 Å². The second-order valence-electron chi connectivity index (χ2n) is 4.46. The van der Waals surface area contributed by atoms with Gasteiger partial charge in [-0.25, -0.2) is 4.79 Å². The molecule has 1 aliphatic heterocycles. The number of hydrogen-bond acceptors (Lipinski definition) is 2. The standard InChI is InChI=1S/C13H16FNO2/c14-8-10-2-1-7-15(9-10)12-5-3-11(4-6-12)13(16)17/h3-6,10H,1-2,7-9H2,(H,16,17). The molecule has 1 atom stereocenters. The summed E-state index contributed by atoms with van der Waals surface area (Å²) < 4.78 is 12.6. The molecule has 17 heavy (non-hydrogen) atoms. The molecule has 1 unspecified atom stereocenters. The zero-order chi connectivity index (χ0) is 12.3. The van der Waals surface area contributed by atoms with E-state index < -0.39 is 5.97 Å². The molecule has 2 rings (SSSR count). The van der Waals surface area contributed by atoms with E-state index in [1.807, 2.05) is 0 Å². The van der Waals surface area contributed by atoms with Gasteiger partial charge in [0.05, 0.1) is 12.2 Å². The molecule has 0 amide bonds. The number of carboxylic acids is 1. The molecule has 4 heteroatoms. The number of nitrogens with zero attached hydrogens (tertiary/aromatic N) is 1. The molecule has 1 saturated heterocycles. The van der Waals surface area contributed by atoms with E-state index in [2.05, 4.69) is 4.90 Å². The summed E-state index contributed by atoms with van der Waals surface area (Å²) in [5, 5.41) is 8.80. The van der Waals surface area contributed by atoms with Crippen molar-refractivity contribution in [2.75, 3.05) is 24.7 Å². The van der Waals surface area contributed by atoms with Gasteiger partial charge >= 0.3 is 5.97 Å². The van der Waals surface area contributed by atoms with Crippen molar-refractivity contribution in [1.29, 1.82) is 0 Å². The highest BCUT2D eigenvalue weighted by Gasteiger charge is 2.20. The van der Waals surface area contributed by atoms with E-state index in [1.165, 1.54) is 0 Å². The van der Waals surface area contributed by atoms with Crippen molar-refractivity contribution in [1.82, 2.24) is 0 Å². The zero-order valence-corrected chi connectivity index (χ0v) is 9.60. The van der Waals surface area contributed by atoms with Gasteiger partial charge in [-0.3, -0.25) is 4.39 Å². The predicted octanol–water partition coefficient (Wildman–Crippen LogP) is 2.57. The first-order valence-electron chi connectivity index (χ1n) is 5.85. The largest absolute Gasteiger partial charge is 0.478 e. The van der Waals surface area contributed by atoms with Gasteiger partial charge in [0.2, 0.25) is 0 Å². The molecule has 0 aromatic heterocycles. The number of anilines is 1. The Morgan fingerprint density at radius 3 is 2.71 bits per heavy atom. The minimum Gasteiger partial charge on any atom is -0.478 e. The van der Waals surface area contributed by atoms with Crippen molar-refractivity contribution in [3.63, 3.8) is 0 Å². The first-order valence-corrected chi connectivity index (χ1v) is 5.85. The molecule has 1 heterocycles. The predicted molar refractivity (Wildman–Crippen MR) is 64.3 cm³/mol. The molecule has 1 aromatic carbocycles. The second kappa shape index (κ2) is 5.17. The number of rotatable bonds is 3. The van der Waals surface area contributed by atoms with Crippen LogP contribution in [-0.2, 0) is 0 Å². The number of carbonyl (C=O) groups is 1. The van der Waals surface area contributed by atoms with E-state index >= 15 is 0 Å². The summed E-state index contributed by atoms with van der Waals surface area (Å²) in [6.45, 7) is 1.37. The number of benzene rings is 1. The highest BCUT2D eigenvalue weighted by molar-refractivity contribution is 5.88. The van der Waals surface area contributed by atoms with Gasteiger partial charge in [0, 0.05) is 24.7 Å². The molecular formula is C13H16FNO2. The molecule has 0 spiro atoms. The van der Waals surface area contributed by atoms with E-state index in [0.29, 0.717) is 0 Å². The second-order valence-corrected chi connectivity index (χ2v) is 4.46. The lowest BCUT2D eigenvalue weighted by Gasteiger charge is -2.33. The monoisotopic (exact) mass is 237 g/mol. The van der Waals surface area contributed by atoms with E-state index in [0.717, 1.165) is 31.6 Å². The fraction of sp³-hybridized carbons (Fsp3) is 0.462. The number of aromatic carboxylic acids is 1. The average Bonchev–Trinajstić information content (AvgIpc) is 2.39. The summed E-state index contributed by atoms with van der Waals surface area (Å²) in [6, 6.07) is 6.78. The molecule has 1 aliphatic rings. The number of halogens is 1. The van der Waals surface area contributed by atoms with Gasteiger partial charge in [-0.05, 0) is 37.1 Å². The lowest BCUT2D eigenvalue weighted by Crippen LogP contribution is -2.36. The van der Waals surface area contributed by atoms with Crippen LogP contribution < -0.4 is 4.90 Å². The number of alkyl halides is 1. The van der Waals surface area contributed by atoms with Crippen LogP contribution in [0.5, 0.6) is 0 Å². The SMILES string of the molecule is O=C(O)c1ccc(N2CCCC(CF)C2)cc1. The van der Waals surface area contributed by atoms with Crippen LogP contribution in [0.4, 0.5) is 10.1 Å². The molecule has 0 aliphatic carbocycles. The Morgan fingerprint density at radius 2 is 2.12 bits per heavy atom. The van der Waals surface area contributed by atoms with Crippen LogP contribution in [0, 0.1) is 5.92 Å². The lowest BCUT2D eigenvalue weighted by molar-refractivity contribution is 0.0697. The van der Waals surface area contributed by atoms with Crippen molar-refractivity contribution in [3.8, 4) is 0 Å². The molecule has 0 bridgehead atoms. The van der Waals surface area contributed by atoms with Crippen molar-refractivity contribution < 1.29 is 14.3 Å². The average molecular weight is 237 g/mol. The summed E-state index contributed by atoms with van der Waals surface area (Å²) in [6.07, 6.45) is 1.94. The summed E-state index contributed by atoms with van der Waals surface area (Å²) in [5.41, 5.74) is 1.26. The summed E-state index contributed by atoms with van der Waals surface area (Å²) in [4.78, 5) is 12.8. The summed E-state index contributed by atoms with van der Waals surface area (Å²) >= 11 is 0. The quantitative estimate of drug-likeness (QED) is 0.878. The minimum absolute atomic E-state index is 0.114. The summed E-state index contributed by atoms with van der Waals surface area (Å²) in [5.74, 6) is -0.806. The van der Waals surface area contributed by atoms with Crippen molar-refractivity contribution in [3.05, 3.63) is 29.8 Å². The summed E-state index contributed by atoms with van der Waals surface area (Å²) in [7, 11) is 0. The van der Waals surface area contributed by atoms with Crippen LogP contribution in [0.3, 0.4) is 0 Å². The van der Waals surface area contributed by atoms with Gasteiger partial charge in [-0.15, -0.1) is 0 Å². The van der Waals surface area contributed by atoms with E-state index in [1.54, 1.807) is 24.3 Å². The third kappa shape index (κ3) is 2.75. The topological polar surface area (TPSA) is 40.5 Å². The molecule has 1 aromatic rings. The number of carboxylic acid groups (broad SMARTS) is 1. The van der Waals surface area contributed by atoms with Crippen LogP contribution in [0.15, 0.2) is 24.3 Å². The Bertz CT molecular complexity index is 391. The van der Waals surface area contributed by atoms with Crippen LogP contribution in [-0.4, -0.2) is 30.8 Å². The molecule has 1 fully saturated rings. The van der Waals surface area contributed by atoms with Crippen LogP contribution in [0.1, 0.15) is 23.2 Å². The highest BCUT2D eigenvalue weighted by atomic mass is 19.1. The molecule has 0 radical (unpaired) electrons. The lowest BCUT2D eigenvalue weighted by atomic mass is 9.99. The van der Waals surface area contributed by atoms with Gasteiger partial charge in [0.15, 0.2) is 0 Å².